The molecule has 0 fully saturated rings. The van der Waals surface area contributed by atoms with E-state index in [1.807, 2.05) is 0 Å². The van der Waals surface area contributed by atoms with Crippen LogP contribution in [0.25, 0.3) is 0 Å². The van der Waals surface area contributed by atoms with Gasteiger partial charge in [-0.25, -0.2) is 0 Å². The third-order valence-corrected chi connectivity index (χ3v) is 4.26. The summed E-state index contributed by atoms with van der Waals surface area (Å²) in [6.45, 7) is 1.33. The Hall–Kier alpha value is -1.01. The van der Waals surface area contributed by atoms with Crippen molar-refractivity contribution >= 4 is 33.9 Å². The number of carbonyl (C=O) groups is 2. The number of aliphatic carboxylic acids is 1. The third kappa shape index (κ3) is 3.24. The average Bonchev–Trinajstić information content (AvgIpc) is 2.68. The van der Waals surface area contributed by atoms with E-state index in [0.29, 0.717) is 4.88 Å². The van der Waals surface area contributed by atoms with Gasteiger partial charge in [0.1, 0.15) is 5.25 Å². The Bertz CT molecular complexity index is 383. The van der Waals surface area contributed by atoms with E-state index < -0.39 is 22.0 Å². The Balaban J connectivity index is 2.60. The van der Waals surface area contributed by atoms with Crippen molar-refractivity contribution in [1.29, 1.82) is 0 Å². The lowest BCUT2D eigenvalue weighted by Gasteiger charge is -2.04. The van der Waals surface area contributed by atoms with Gasteiger partial charge in [-0.2, -0.15) is 0 Å². The lowest BCUT2D eigenvalue weighted by molar-refractivity contribution is -0.136. The minimum Gasteiger partial charge on any atom is -0.480 e. The summed E-state index contributed by atoms with van der Waals surface area (Å²) < 4.78 is 11.4. The topological polar surface area (TPSA) is 71.4 Å². The van der Waals surface area contributed by atoms with Crippen LogP contribution in [-0.4, -0.2) is 32.1 Å². The van der Waals surface area contributed by atoms with Crippen LogP contribution in [0.5, 0.6) is 0 Å². The summed E-state index contributed by atoms with van der Waals surface area (Å²) >= 11 is 1.26. The van der Waals surface area contributed by atoms with Crippen molar-refractivity contribution in [2.75, 3.05) is 5.75 Å². The SMILES string of the molecule is CC(C(=O)O)S(=O)CC(=O)c1cccs1. The van der Waals surface area contributed by atoms with Gasteiger partial charge in [0, 0.05) is 10.8 Å². The molecule has 0 aromatic carbocycles. The van der Waals surface area contributed by atoms with Crippen molar-refractivity contribution in [3.05, 3.63) is 22.4 Å². The predicted octanol–water partition coefficient (Wildman–Crippen LogP) is 1.15. The molecule has 0 aliphatic rings. The Labute approximate surface area is 93.4 Å². The summed E-state index contributed by atoms with van der Waals surface area (Å²) in [4.78, 5) is 22.5. The van der Waals surface area contributed by atoms with Crippen LogP contribution in [0, 0.1) is 0 Å². The molecular formula is C9H10O4S2. The smallest absolute Gasteiger partial charge is 0.318 e. The Morgan fingerprint density at radius 1 is 1.60 bits per heavy atom. The maximum Gasteiger partial charge on any atom is 0.318 e. The van der Waals surface area contributed by atoms with Crippen molar-refractivity contribution in [2.24, 2.45) is 0 Å². The minimum absolute atomic E-state index is 0.228. The summed E-state index contributed by atoms with van der Waals surface area (Å²) in [5, 5.41) is 9.34. The monoisotopic (exact) mass is 246 g/mol. The highest BCUT2D eigenvalue weighted by Crippen LogP contribution is 2.10. The van der Waals surface area contributed by atoms with E-state index in [-0.39, 0.29) is 11.5 Å². The fourth-order valence-corrected chi connectivity index (χ4v) is 2.52. The van der Waals surface area contributed by atoms with Crippen LogP contribution in [0.1, 0.15) is 16.6 Å². The number of rotatable bonds is 5. The van der Waals surface area contributed by atoms with Gasteiger partial charge in [-0.3, -0.25) is 13.8 Å². The van der Waals surface area contributed by atoms with Gasteiger partial charge in [0.15, 0.2) is 5.78 Å². The molecule has 0 spiro atoms. The number of hydrogen-bond donors (Lipinski definition) is 1. The molecular weight excluding hydrogens is 236 g/mol. The average molecular weight is 246 g/mol. The molecule has 1 aromatic heterocycles. The van der Waals surface area contributed by atoms with Gasteiger partial charge in [0.2, 0.25) is 0 Å². The van der Waals surface area contributed by atoms with Gasteiger partial charge < -0.3 is 5.11 Å². The van der Waals surface area contributed by atoms with Crippen molar-refractivity contribution in [3.63, 3.8) is 0 Å². The normalized spacial score (nSPS) is 14.5. The fourth-order valence-electron chi connectivity index (χ4n) is 0.875. The molecule has 15 heavy (non-hydrogen) atoms. The molecule has 0 amide bonds. The highest BCUT2D eigenvalue weighted by atomic mass is 32.2. The van der Waals surface area contributed by atoms with Gasteiger partial charge in [0.25, 0.3) is 0 Å². The zero-order valence-electron chi connectivity index (χ0n) is 8.00. The van der Waals surface area contributed by atoms with E-state index >= 15 is 0 Å². The van der Waals surface area contributed by atoms with Gasteiger partial charge >= 0.3 is 5.97 Å². The van der Waals surface area contributed by atoms with E-state index in [1.54, 1.807) is 17.5 Å². The van der Waals surface area contributed by atoms with E-state index in [2.05, 4.69) is 0 Å². The number of carboxylic acids is 1. The first kappa shape index (κ1) is 12.1. The van der Waals surface area contributed by atoms with Crippen LogP contribution < -0.4 is 0 Å². The first-order chi connectivity index (χ1) is 7.02. The second-order valence-electron chi connectivity index (χ2n) is 2.91. The van der Waals surface area contributed by atoms with Crippen LogP contribution in [0.4, 0.5) is 0 Å². The standard InChI is InChI=1S/C9H10O4S2/c1-6(9(11)12)15(13)5-7(10)8-3-2-4-14-8/h2-4,6H,5H2,1H3,(H,11,12). The van der Waals surface area contributed by atoms with Crippen molar-refractivity contribution in [1.82, 2.24) is 0 Å². The molecule has 0 saturated heterocycles. The number of thiophene rings is 1. The van der Waals surface area contributed by atoms with Gasteiger partial charge in [0.05, 0.1) is 10.6 Å². The number of ketones is 1. The summed E-state index contributed by atoms with van der Waals surface area (Å²) in [5.74, 6) is -1.64. The largest absolute Gasteiger partial charge is 0.480 e. The first-order valence-corrected chi connectivity index (χ1v) is 6.45. The molecule has 6 heteroatoms. The molecule has 0 radical (unpaired) electrons. The quantitative estimate of drug-likeness (QED) is 0.791. The van der Waals surface area contributed by atoms with E-state index in [1.165, 1.54) is 18.3 Å². The summed E-state index contributed by atoms with van der Waals surface area (Å²) in [6.07, 6.45) is 0. The summed E-state index contributed by atoms with van der Waals surface area (Å²) in [5.41, 5.74) is 0. The summed E-state index contributed by atoms with van der Waals surface area (Å²) in [6, 6.07) is 3.36. The van der Waals surface area contributed by atoms with E-state index in [0.717, 1.165) is 0 Å². The Morgan fingerprint density at radius 2 is 2.27 bits per heavy atom. The lowest BCUT2D eigenvalue weighted by Crippen LogP contribution is -2.26. The molecule has 1 heterocycles. The number of carboxylic acid groups (broad SMARTS) is 1. The molecule has 1 aromatic rings. The Morgan fingerprint density at radius 3 is 2.73 bits per heavy atom. The van der Waals surface area contributed by atoms with Crippen molar-refractivity contribution in [3.8, 4) is 0 Å². The molecule has 2 unspecified atom stereocenters. The van der Waals surface area contributed by atoms with Crippen LogP contribution in [0.2, 0.25) is 0 Å². The van der Waals surface area contributed by atoms with Gasteiger partial charge in [-0.05, 0) is 18.4 Å². The molecule has 0 aliphatic heterocycles. The third-order valence-electron chi connectivity index (χ3n) is 1.81. The van der Waals surface area contributed by atoms with Gasteiger partial charge in [-0.15, -0.1) is 11.3 Å². The van der Waals surface area contributed by atoms with Gasteiger partial charge in [-0.1, -0.05) is 6.07 Å². The van der Waals surface area contributed by atoms with Crippen molar-refractivity contribution in [2.45, 2.75) is 12.2 Å². The zero-order valence-corrected chi connectivity index (χ0v) is 9.64. The number of hydrogen-bond acceptors (Lipinski definition) is 4. The second-order valence-corrected chi connectivity index (χ2v) is 5.61. The van der Waals surface area contributed by atoms with E-state index in [9.17, 15) is 13.8 Å². The minimum atomic E-state index is -1.65. The molecule has 0 aliphatic carbocycles. The van der Waals surface area contributed by atoms with Crippen LogP contribution in [-0.2, 0) is 15.6 Å². The first-order valence-electron chi connectivity index (χ1n) is 4.19. The molecule has 1 N–H and O–H groups in total. The Kier molecular flexibility index (Phi) is 4.16. The van der Waals surface area contributed by atoms with Crippen LogP contribution >= 0.6 is 11.3 Å². The highest BCUT2D eigenvalue weighted by Gasteiger charge is 2.22. The zero-order chi connectivity index (χ0) is 11.4. The predicted molar refractivity (Wildman–Crippen MR) is 58.8 cm³/mol. The van der Waals surface area contributed by atoms with Crippen LogP contribution in [0.15, 0.2) is 17.5 Å². The molecule has 1 rings (SSSR count). The molecule has 4 nitrogen and oxygen atoms in total. The molecule has 2 atom stereocenters. The fraction of sp³-hybridized carbons (Fsp3) is 0.333. The number of carbonyl (C=O) groups excluding carboxylic acids is 1. The maximum absolute atomic E-state index is 11.5. The maximum atomic E-state index is 11.5. The van der Waals surface area contributed by atoms with Crippen molar-refractivity contribution < 1.29 is 18.9 Å². The molecule has 0 saturated carbocycles. The number of Topliss-reactive ketones (excluding diaryl/α,β-unsaturated/α-hetero) is 1. The summed E-state index contributed by atoms with van der Waals surface area (Å²) in [7, 11) is -1.65. The second kappa shape index (κ2) is 5.18. The molecule has 82 valence electrons. The molecule has 0 bridgehead atoms. The van der Waals surface area contributed by atoms with E-state index in [4.69, 9.17) is 5.11 Å². The highest BCUT2D eigenvalue weighted by molar-refractivity contribution is 7.87. The lowest BCUT2D eigenvalue weighted by atomic mass is 10.4. The van der Waals surface area contributed by atoms with Crippen LogP contribution in [0.3, 0.4) is 0 Å².